The fourth-order valence-electron chi connectivity index (χ4n) is 1.40. The molecule has 0 aliphatic rings. The summed E-state index contributed by atoms with van der Waals surface area (Å²) in [7, 11) is 0. The fraction of sp³-hybridized carbons (Fsp3) is 0.300. The molecule has 6 nitrogen and oxygen atoms in total. The molecule has 0 saturated heterocycles. The van der Waals surface area contributed by atoms with Gasteiger partial charge in [-0.2, -0.15) is 0 Å². The third-order valence-corrected chi connectivity index (χ3v) is 2.31. The topological polar surface area (TPSA) is 73.6 Å². The number of aryl methyl sites for hydroxylation is 2. The van der Waals surface area contributed by atoms with Crippen molar-refractivity contribution < 1.29 is 4.79 Å². The molecule has 0 aliphatic carbocycles. The summed E-state index contributed by atoms with van der Waals surface area (Å²) in [5, 5.41) is 10.9. The number of carbonyl (C=O) groups excluding carboxylic acids is 1. The Bertz CT molecular complexity index is 519. The van der Waals surface area contributed by atoms with Gasteiger partial charge in [0.15, 0.2) is 5.78 Å². The van der Waals surface area contributed by atoms with Gasteiger partial charge in [-0.15, -0.1) is 5.10 Å². The Kier molecular flexibility index (Phi) is 2.72. The predicted molar refractivity (Wildman–Crippen MR) is 55.9 cm³/mol. The number of ketones is 1. The smallest absolute Gasteiger partial charge is 0.186 e. The van der Waals surface area contributed by atoms with Crippen LogP contribution in [0.25, 0.3) is 0 Å². The Hall–Kier alpha value is -2.11. The second-order valence-electron chi connectivity index (χ2n) is 3.44. The quantitative estimate of drug-likeness (QED) is 0.702. The van der Waals surface area contributed by atoms with E-state index in [9.17, 15) is 4.79 Å². The van der Waals surface area contributed by atoms with Crippen LogP contribution in [0.4, 0.5) is 0 Å². The van der Waals surface area contributed by atoms with Crippen LogP contribution in [-0.4, -0.2) is 31.0 Å². The van der Waals surface area contributed by atoms with Crippen LogP contribution in [0.5, 0.6) is 0 Å². The van der Waals surface area contributed by atoms with E-state index >= 15 is 0 Å². The molecule has 0 saturated carbocycles. The normalized spacial score (nSPS) is 10.4. The molecule has 2 aromatic rings. The zero-order valence-corrected chi connectivity index (χ0v) is 9.08. The van der Waals surface area contributed by atoms with Crippen molar-refractivity contribution in [3.05, 3.63) is 35.4 Å². The highest BCUT2D eigenvalue weighted by Crippen LogP contribution is 2.06. The van der Waals surface area contributed by atoms with Crippen LogP contribution in [0.1, 0.15) is 21.9 Å². The number of hydrogen-bond donors (Lipinski definition) is 0. The molecule has 0 aromatic carbocycles. The molecule has 0 aliphatic heterocycles. The number of nitrogens with zero attached hydrogens (tertiary/aromatic N) is 5. The summed E-state index contributed by atoms with van der Waals surface area (Å²) in [6.07, 6.45) is 1.66. The summed E-state index contributed by atoms with van der Waals surface area (Å²) in [6, 6.07) is 3.50. The zero-order valence-electron chi connectivity index (χ0n) is 9.08. The van der Waals surface area contributed by atoms with Crippen molar-refractivity contribution in [3.63, 3.8) is 0 Å². The van der Waals surface area contributed by atoms with Crippen LogP contribution in [0.3, 0.4) is 0 Å². The average Bonchev–Trinajstić information content (AvgIpc) is 2.65. The van der Waals surface area contributed by atoms with E-state index < -0.39 is 0 Å². The SMILES string of the molecule is Cc1ncccc1C(=O)Cn1nnnc1C. The summed E-state index contributed by atoms with van der Waals surface area (Å²) >= 11 is 0. The molecule has 0 spiro atoms. The minimum absolute atomic E-state index is 0.0407. The van der Waals surface area contributed by atoms with Gasteiger partial charge in [-0.3, -0.25) is 9.78 Å². The van der Waals surface area contributed by atoms with Crippen LogP contribution in [0, 0.1) is 13.8 Å². The molecule has 0 fully saturated rings. The van der Waals surface area contributed by atoms with Crippen LogP contribution in [0.2, 0.25) is 0 Å². The number of pyridine rings is 1. The van der Waals surface area contributed by atoms with Crippen molar-refractivity contribution >= 4 is 5.78 Å². The molecular formula is C10H11N5O. The monoisotopic (exact) mass is 217 g/mol. The van der Waals surface area contributed by atoms with E-state index in [0.717, 1.165) is 5.69 Å². The molecule has 0 bridgehead atoms. The number of rotatable bonds is 3. The van der Waals surface area contributed by atoms with Crippen molar-refractivity contribution in [2.75, 3.05) is 0 Å². The minimum atomic E-state index is -0.0407. The maximum atomic E-state index is 11.9. The first-order valence-electron chi connectivity index (χ1n) is 4.86. The highest BCUT2D eigenvalue weighted by atomic mass is 16.1. The molecule has 2 rings (SSSR count). The van der Waals surface area contributed by atoms with E-state index in [1.807, 2.05) is 0 Å². The van der Waals surface area contributed by atoms with E-state index in [-0.39, 0.29) is 12.3 Å². The Morgan fingerprint density at radius 1 is 1.44 bits per heavy atom. The molecule has 0 amide bonds. The van der Waals surface area contributed by atoms with Crippen molar-refractivity contribution in [1.82, 2.24) is 25.2 Å². The molecule has 0 N–H and O–H groups in total. The standard InChI is InChI=1S/C10H11N5O/c1-7-9(4-3-5-11-7)10(16)6-15-8(2)12-13-14-15/h3-5H,6H2,1-2H3. The molecule has 2 aromatic heterocycles. The highest BCUT2D eigenvalue weighted by molar-refractivity contribution is 5.96. The van der Waals surface area contributed by atoms with Gasteiger partial charge in [0, 0.05) is 17.5 Å². The van der Waals surface area contributed by atoms with Crippen LogP contribution in [0.15, 0.2) is 18.3 Å². The van der Waals surface area contributed by atoms with Crippen molar-refractivity contribution in [3.8, 4) is 0 Å². The number of hydrogen-bond acceptors (Lipinski definition) is 5. The van der Waals surface area contributed by atoms with E-state index in [4.69, 9.17) is 0 Å². The van der Waals surface area contributed by atoms with Gasteiger partial charge in [-0.05, 0) is 36.4 Å². The third kappa shape index (κ3) is 1.95. The summed E-state index contributed by atoms with van der Waals surface area (Å²) in [6.45, 7) is 3.70. The van der Waals surface area contributed by atoms with Crippen molar-refractivity contribution in [2.45, 2.75) is 20.4 Å². The van der Waals surface area contributed by atoms with Crippen LogP contribution >= 0.6 is 0 Å². The molecule has 0 radical (unpaired) electrons. The second-order valence-corrected chi connectivity index (χ2v) is 3.44. The first kappa shape index (κ1) is 10.4. The molecule has 16 heavy (non-hydrogen) atoms. The van der Waals surface area contributed by atoms with Gasteiger partial charge in [-0.1, -0.05) is 0 Å². The van der Waals surface area contributed by atoms with Crippen molar-refractivity contribution in [1.29, 1.82) is 0 Å². The molecule has 82 valence electrons. The Balaban J connectivity index is 2.22. The summed E-state index contributed by atoms with van der Waals surface area (Å²) in [5.41, 5.74) is 1.33. The summed E-state index contributed by atoms with van der Waals surface area (Å²) in [4.78, 5) is 16.0. The zero-order chi connectivity index (χ0) is 11.5. The fourth-order valence-corrected chi connectivity index (χ4v) is 1.40. The molecule has 0 unspecified atom stereocenters. The van der Waals surface area contributed by atoms with Gasteiger partial charge in [0.1, 0.15) is 12.4 Å². The predicted octanol–water partition coefficient (Wildman–Crippen LogP) is 0.568. The van der Waals surface area contributed by atoms with E-state index in [1.54, 1.807) is 32.2 Å². The molecule has 0 atom stereocenters. The van der Waals surface area contributed by atoms with Crippen LogP contribution in [-0.2, 0) is 6.54 Å². The first-order valence-corrected chi connectivity index (χ1v) is 4.86. The van der Waals surface area contributed by atoms with Gasteiger partial charge in [0.25, 0.3) is 0 Å². The summed E-state index contributed by atoms with van der Waals surface area (Å²) in [5.74, 6) is 0.580. The third-order valence-electron chi connectivity index (χ3n) is 2.31. The van der Waals surface area contributed by atoms with Gasteiger partial charge in [-0.25, -0.2) is 4.68 Å². The molecule has 2 heterocycles. The maximum Gasteiger partial charge on any atom is 0.186 e. The highest BCUT2D eigenvalue weighted by Gasteiger charge is 2.12. The lowest BCUT2D eigenvalue weighted by Crippen LogP contribution is -2.14. The first-order chi connectivity index (χ1) is 7.68. The van der Waals surface area contributed by atoms with E-state index in [0.29, 0.717) is 11.4 Å². The van der Waals surface area contributed by atoms with Gasteiger partial charge in [0.2, 0.25) is 0 Å². The van der Waals surface area contributed by atoms with Gasteiger partial charge >= 0.3 is 0 Å². The van der Waals surface area contributed by atoms with Crippen molar-refractivity contribution in [2.24, 2.45) is 0 Å². The second kappa shape index (κ2) is 4.18. The number of aromatic nitrogens is 5. The van der Waals surface area contributed by atoms with E-state index in [2.05, 4.69) is 20.5 Å². The number of Topliss-reactive ketones (excluding diaryl/α,β-unsaturated/α-hetero) is 1. The Labute approximate surface area is 92.3 Å². The van der Waals surface area contributed by atoms with Gasteiger partial charge in [0.05, 0.1) is 0 Å². The molecular weight excluding hydrogens is 206 g/mol. The number of tetrazole rings is 1. The lowest BCUT2D eigenvalue weighted by molar-refractivity contribution is 0.0965. The van der Waals surface area contributed by atoms with Gasteiger partial charge < -0.3 is 0 Å². The minimum Gasteiger partial charge on any atom is -0.292 e. The summed E-state index contributed by atoms with van der Waals surface area (Å²) < 4.78 is 1.47. The average molecular weight is 217 g/mol. The molecule has 6 heteroatoms. The lowest BCUT2D eigenvalue weighted by atomic mass is 10.1. The Morgan fingerprint density at radius 2 is 2.25 bits per heavy atom. The van der Waals surface area contributed by atoms with Crippen LogP contribution < -0.4 is 0 Å². The number of carbonyl (C=O) groups is 1. The largest absolute Gasteiger partial charge is 0.292 e. The maximum absolute atomic E-state index is 11.9. The lowest BCUT2D eigenvalue weighted by Gasteiger charge is -2.03. The Morgan fingerprint density at radius 3 is 2.88 bits per heavy atom. The van der Waals surface area contributed by atoms with E-state index in [1.165, 1.54) is 4.68 Å².